The number of benzene rings is 3. The van der Waals surface area contributed by atoms with Gasteiger partial charge in [-0.1, -0.05) is 0 Å². The molecule has 0 bridgehead atoms. The van der Waals surface area contributed by atoms with Crippen LogP contribution in [0.15, 0.2) is 60.7 Å². The molecule has 1 fully saturated rings. The lowest BCUT2D eigenvalue weighted by Gasteiger charge is -2.33. The molecule has 188 valence electrons. The van der Waals surface area contributed by atoms with Gasteiger partial charge in [0.15, 0.2) is 11.5 Å². The number of ether oxygens (including phenoxy) is 2. The Labute approximate surface area is 202 Å². The number of nitrogens with zero attached hydrogens (tertiary/aromatic N) is 1. The zero-order valence-electron chi connectivity index (χ0n) is 18.6. The zero-order valence-corrected chi connectivity index (χ0v) is 18.6. The summed E-state index contributed by atoms with van der Waals surface area (Å²) in [6, 6.07) is 12.4. The van der Waals surface area contributed by atoms with Crippen molar-refractivity contribution < 1.29 is 40.6 Å². The summed E-state index contributed by atoms with van der Waals surface area (Å²) in [7, 11) is 0. The third-order valence-electron chi connectivity index (χ3n) is 6.46. The average molecular weight is 507 g/mol. The lowest BCUT2D eigenvalue weighted by atomic mass is 9.96. The molecule has 2 heterocycles. The van der Waals surface area contributed by atoms with E-state index in [1.165, 1.54) is 53.4 Å². The maximum Gasteiger partial charge on any atom is 0.391 e. The van der Waals surface area contributed by atoms with Crippen molar-refractivity contribution >= 4 is 5.91 Å². The van der Waals surface area contributed by atoms with Crippen LogP contribution < -0.4 is 9.47 Å². The number of likely N-dealkylation sites (tertiary alicyclic amines) is 1. The Bertz CT molecular complexity index is 1240. The van der Waals surface area contributed by atoms with Gasteiger partial charge in [0.1, 0.15) is 17.5 Å². The Morgan fingerprint density at radius 3 is 1.75 bits per heavy atom. The van der Waals surface area contributed by atoms with Gasteiger partial charge in [-0.25, -0.2) is 13.2 Å². The second-order valence-corrected chi connectivity index (χ2v) is 8.72. The Kier molecular flexibility index (Phi) is 5.84. The van der Waals surface area contributed by atoms with Crippen LogP contribution in [0.3, 0.4) is 0 Å². The van der Waals surface area contributed by atoms with E-state index in [2.05, 4.69) is 0 Å². The molecule has 0 N–H and O–H groups in total. The van der Waals surface area contributed by atoms with Crippen molar-refractivity contribution in [3.05, 3.63) is 94.8 Å². The van der Waals surface area contributed by atoms with Gasteiger partial charge >= 0.3 is 12.0 Å². The number of rotatable bonds is 3. The molecule has 10 heteroatoms. The number of amides is 1. The van der Waals surface area contributed by atoms with E-state index in [-0.39, 0.29) is 43.0 Å². The lowest BCUT2D eigenvalue weighted by Crippen LogP contribution is -2.42. The minimum atomic E-state index is -4.34. The van der Waals surface area contributed by atoms with Crippen molar-refractivity contribution in [1.82, 2.24) is 4.90 Å². The van der Waals surface area contributed by atoms with Crippen LogP contribution in [-0.2, 0) is 5.79 Å². The van der Waals surface area contributed by atoms with Gasteiger partial charge in [-0.2, -0.15) is 13.2 Å². The molecule has 1 amide bonds. The minimum Gasteiger partial charge on any atom is -0.440 e. The van der Waals surface area contributed by atoms with Crippen LogP contribution in [0.2, 0.25) is 0 Å². The first-order valence-electron chi connectivity index (χ1n) is 11.2. The quantitative estimate of drug-likeness (QED) is 0.397. The third-order valence-corrected chi connectivity index (χ3v) is 6.46. The number of piperidine rings is 1. The summed E-state index contributed by atoms with van der Waals surface area (Å²) in [6.45, 7) is -0.321. The standard InChI is InChI=1S/C26H19F6NO3/c27-18-5-1-15(2-6-18)25(16-3-7-19(28)8-4-16)35-22-13-20(21(29)14-23(22)36-25)24(34)33-11-9-17(10-12-33)26(30,31)32/h1-8,13-14,17H,9-12H2. The van der Waals surface area contributed by atoms with Crippen molar-refractivity contribution in [3.63, 3.8) is 0 Å². The molecule has 0 spiro atoms. The van der Waals surface area contributed by atoms with Crippen LogP contribution in [0.1, 0.15) is 34.3 Å². The Morgan fingerprint density at radius 2 is 1.28 bits per heavy atom. The number of fused-ring (bicyclic) bond motifs is 1. The van der Waals surface area contributed by atoms with Gasteiger partial charge in [0.2, 0.25) is 0 Å². The van der Waals surface area contributed by atoms with E-state index in [4.69, 9.17) is 9.47 Å². The molecule has 0 aromatic heterocycles. The zero-order chi connectivity index (χ0) is 25.7. The largest absolute Gasteiger partial charge is 0.440 e. The first kappa shape index (κ1) is 24.0. The molecule has 0 unspecified atom stereocenters. The second-order valence-electron chi connectivity index (χ2n) is 8.72. The van der Waals surface area contributed by atoms with Crippen molar-refractivity contribution in [1.29, 1.82) is 0 Å². The number of hydrogen-bond acceptors (Lipinski definition) is 3. The normalized spacial score (nSPS) is 17.3. The summed E-state index contributed by atoms with van der Waals surface area (Å²) in [5.74, 6) is -6.01. The van der Waals surface area contributed by atoms with Gasteiger partial charge in [0.05, 0.1) is 11.5 Å². The minimum absolute atomic E-state index is 0.00132. The van der Waals surface area contributed by atoms with Crippen LogP contribution in [0.4, 0.5) is 26.3 Å². The van der Waals surface area contributed by atoms with Crippen LogP contribution in [0, 0.1) is 23.4 Å². The molecule has 36 heavy (non-hydrogen) atoms. The molecule has 4 nitrogen and oxygen atoms in total. The summed E-state index contributed by atoms with van der Waals surface area (Å²) >= 11 is 0. The molecule has 5 rings (SSSR count). The first-order chi connectivity index (χ1) is 17.1. The number of hydrogen-bond donors (Lipinski definition) is 0. The molecule has 0 radical (unpaired) electrons. The summed E-state index contributed by atoms with van der Waals surface area (Å²) in [4.78, 5) is 14.2. The molecule has 0 atom stereocenters. The highest BCUT2D eigenvalue weighted by Crippen LogP contribution is 2.48. The average Bonchev–Trinajstić information content (AvgIpc) is 3.22. The Hall–Kier alpha value is -3.69. The van der Waals surface area contributed by atoms with Crippen LogP contribution in [0.5, 0.6) is 11.5 Å². The van der Waals surface area contributed by atoms with Crippen molar-refractivity contribution in [2.24, 2.45) is 5.92 Å². The molecule has 0 aliphatic carbocycles. The second kappa shape index (κ2) is 8.76. The van der Waals surface area contributed by atoms with Crippen LogP contribution in [-0.4, -0.2) is 30.1 Å². The van der Waals surface area contributed by atoms with Crippen molar-refractivity contribution in [2.75, 3.05) is 13.1 Å². The van der Waals surface area contributed by atoms with Gasteiger partial charge in [-0.15, -0.1) is 0 Å². The molecule has 3 aromatic rings. The lowest BCUT2D eigenvalue weighted by molar-refractivity contribution is -0.183. The van der Waals surface area contributed by atoms with Crippen molar-refractivity contribution in [2.45, 2.75) is 24.8 Å². The van der Waals surface area contributed by atoms with E-state index < -0.39 is 41.2 Å². The topological polar surface area (TPSA) is 38.8 Å². The number of alkyl halides is 3. The van der Waals surface area contributed by atoms with Gasteiger partial charge in [0, 0.05) is 30.3 Å². The fraction of sp³-hybridized carbons (Fsp3) is 0.269. The molecule has 2 aliphatic heterocycles. The maximum atomic E-state index is 15.0. The smallest absolute Gasteiger partial charge is 0.391 e. The molecular formula is C26H19F6NO3. The van der Waals surface area contributed by atoms with Gasteiger partial charge in [-0.05, 0) is 67.4 Å². The van der Waals surface area contributed by atoms with Crippen molar-refractivity contribution in [3.8, 4) is 11.5 Å². The molecule has 3 aromatic carbocycles. The van der Waals surface area contributed by atoms with E-state index in [1.807, 2.05) is 0 Å². The highest BCUT2D eigenvalue weighted by atomic mass is 19.4. The number of carbonyl (C=O) groups is 1. The first-order valence-corrected chi connectivity index (χ1v) is 11.2. The van der Waals surface area contributed by atoms with E-state index in [0.29, 0.717) is 11.1 Å². The molecule has 0 saturated carbocycles. The van der Waals surface area contributed by atoms with Crippen LogP contribution in [0.25, 0.3) is 0 Å². The Balaban J connectivity index is 1.47. The molecular weight excluding hydrogens is 488 g/mol. The van der Waals surface area contributed by atoms with Gasteiger partial charge in [0.25, 0.3) is 5.91 Å². The summed E-state index contributed by atoms with van der Waals surface area (Å²) < 4.78 is 93.2. The predicted octanol–water partition coefficient (Wildman–Crippen LogP) is 6.19. The summed E-state index contributed by atoms with van der Waals surface area (Å²) in [5, 5.41) is 0. The van der Waals surface area contributed by atoms with E-state index in [1.54, 1.807) is 0 Å². The van der Waals surface area contributed by atoms with Gasteiger partial charge in [-0.3, -0.25) is 4.79 Å². The van der Waals surface area contributed by atoms with E-state index in [9.17, 15) is 26.7 Å². The highest BCUT2D eigenvalue weighted by Gasteiger charge is 2.47. The fourth-order valence-electron chi connectivity index (χ4n) is 4.51. The van der Waals surface area contributed by atoms with Gasteiger partial charge < -0.3 is 14.4 Å². The molecule has 2 aliphatic rings. The highest BCUT2D eigenvalue weighted by molar-refractivity contribution is 5.95. The van der Waals surface area contributed by atoms with Crippen LogP contribution >= 0.6 is 0 Å². The van der Waals surface area contributed by atoms with E-state index >= 15 is 4.39 Å². The predicted molar refractivity (Wildman–Crippen MR) is 116 cm³/mol. The maximum absolute atomic E-state index is 15.0. The Morgan fingerprint density at radius 1 is 0.806 bits per heavy atom. The fourth-order valence-corrected chi connectivity index (χ4v) is 4.51. The molecule has 1 saturated heterocycles. The summed E-state index contributed by atoms with van der Waals surface area (Å²) in [5.41, 5.74) is 0.278. The van der Waals surface area contributed by atoms with E-state index in [0.717, 1.165) is 12.1 Å². The SMILES string of the molecule is O=C(c1cc2c(cc1F)OC(c1ccc(F)cc1)(c1ccc(F)cc1)O2)N1CCC(C(F)(F)F)CC1. The third kappa shape index (κ3) is 4.25. The number of carbonyl (C=O) groups excluding carboxylic acids is 1. The monoisotopic (exact) mass is 507 g/mol. The number of halogens is 6. The summed E-state index contributed by atoms with van der Waals surface area (Å²) in [6.07, 6.45) is -4.87.